The molecule has 0 saturated carbocycles. The van der Waals surface area contributed by atoms with Crippen molar-refractivity contribution in [2.45, 2.75) is 26.8 Å². The SMILES string of the molecule is C=CC(=O)N1CCN(c2c(C#N)c(=O)n(C3=C(C)C=CN(C)C3C(C)C)c3nc(-c4c(F)c(O)c(F)c(F)c4Cl)c(Cl)cc23)CC1. The van der Waals surface area contributed by atoms with Crippen LogP contribution in [0, 0.1) is 34.7 Å². The molecule has 2 aromatic heterocycles. The highest BCUT2D eigenvalue weighted by atomic mass is 35.5. The minimum absolute atomic E-state index is 0.0515. The molecule has 1 fully saturated rings. The summed E-state index contributed by atoms with van der Waals surface area (Å²) in [7, 11) is 1.83. The van der Waals surface area contributed by atoms with Crippen molar-refractivity contribution in [3.63, 3.8) is 0 Å². The van der Waals surface area contributed by atoms with Gasteiger partial charge >= 0.3 is 0 Å². The number of amides is 1. The molecule has 0 radical (unpaired) electrons. The van der Waals surface area contributed by atoms with Gasteiger partial charge in [-0.25, -0.2) is 13.8 Å². The van der Waals surface area contributed by atoms with E-state index >= 15 is 4.39 Å². The molecule has 1 N–H and O–H groups in total. The Balaban J connectivity index is 1.91. The van der Waals surface area contributed by atoms with Crippen LogP contribution in [0.5, 0.6) is 5.75 Å². The molecule has 240 valence electrons. The van der Waals surface area contributed by atoms with Gasteiger partial charge in [0.05, 0.1) is 38.7 Å². The number of carbonyl (C=O) groups excluding carboxylic acids is 1. The van der Waals surface area contributed by atoms with Crippen LogP contribution in [0.4, 0.5) is 18.9 Å². The summed E-state index contributed by atoms with van der Waals surface area (Å²) >= 11 is 12.7. The maximum absolute atomic E-state index is 15.4. The van der Waals surface area contributed by atoms with Gasteiger partial charge in [-0.15, -0.1) is 0 Å². The molecule has 1 atom stereocenters. The van der Waals surface area contributed by atoms with Crippen molar-refractivity contribution in [3.8, 4) is 23.1 Å². The van der Waals surface area contributed by atoms with Gasteiger partial charge in [0.2, 0.25) is 11.7 Å². The number of phenols is 1. The average molecular weight is 674 g/mol. The number of allylic oxidation sites excluding steroid dienone is 2. The third kappa shape index (κ3) is 5.17. The minimum atomic E-state index is -1.88. The Hall–Kier alpha value is -4.47. The molecule has 0 aliphatic carbocycles. The summed E-state index contributed by atoms with van der Waals surface area (Å²) in [5, 5.41) is 19.4. The number of aromatic hydroxyl groups is 1. The fourth-order valence-corrected chi connectivity index (χ4v) is 6.63. The second-order valence-electron chi connectivity index (χ2n) is 11.4. The van der Waals surface area contributed by atoms with Crippen LogP contribution in [0.3, 0.4) is 0 Å². The number of hydrogen-bond acceptors (Lipinski definition) is 7. The van der Waals surface area contributed by atoms with E-state index in [1.807, 2.05) is 32.0 Å². The van der Waals surface area contributed by atoms with Gasteiger partial charge in [0, 0.05) is 38.6 Å². The Kier molecular flexibility index (Phi) is 8.86. The van der Waals surface area contributed by atoms with Gasteiger partial charge < -0.3 is 19.8 Å². The van der Waals surface area contributed by atoms with Crippen molar-refractivity contribution in [2.75, 3.05) is 38.1 Å². The zero-order valence-corrected chi connectivity index (χ0v) is 26.8. The van der Waals surface area contributed by atoms with Gasteiger partial charge in [0.25, 0.3) is 5.56 Å². The Labute approximate surface area is 272 Å². The highest BCUT2D eigenvalue weighted by Crippen LogP contribution is 2.44. The lowest BCUT2D eigenvalue weighted by molar-refractivity contribution is -0.126. The number of aromatic nitrogens is 2. The number of rotatable bonds is 5. The number of pyridine rings is 2. The Morgan fingerprint density at radius 2 is 1.83 bits per heavy atom. The van der Waals surface area contributed by atoms with Crippen LogP contribution < -0.4 is 10.5 Å². The first-order chi connectivity index (χ1) is 21.7. The van der Waals surface area contributed by atoms with Crippen LogP contribution in [0.25, 0.3) is 28.0 Å². The summed E-state index contributed by atoms with van der Waals surface area (Å²) in [5.41, 5.74) is -0.903. The van der Waals surface area contributed by atoms with Gasteiger partial charge in [0.1, 0.15) is 17.3 Å². The van der Waals surface area contributed by atoms with Gasteiger partial charge in [0.15, 0.2) is 17.4 Å². The normalized spacial score (nSPS) is 16.9. The number of carbonyl (C=O) groups is 1. The molecule has 9 nitrogen and oxygen atoms in total. The van der Waals surface area contributed by atoms with Gasteiger partial charge in [-0.3, -0.25) is 14.2 Å². The summed E-state index contributed by atoms with van der Waals surface area (Å²) in [5.74, 6) is -7.12. The third-order valence-corrected chi connectivity index (χ3v) is 8.95. The third-order valence-electron chi connectivity index (χ3n) is 8.30. The maximum atomic E-state index is 15.4. The van der Waals surface area contributed by atoms with Crippen molar-refractivity contribution in [3.05, 3.63) is 80.0 Å². The monoisotopic (exact) mass is 672 g/mol. The first-order valence-electron chi connectivity index (χ1n) is 14.3. The van der Waals surface area contributed by atoms with Crippen molar-refractivity contribution < 1.29 is 23.1 Å². The molecule has 1 aromatic carbocycles. The fourth-order valence-electron chi connectivity index (χ4n) is 6.13. The highest BCUT2D eigenvalue weighted by molar-refractivity contribution is 6.37. The fraction of sp³-hybridized carbons (Fsp3) is 0.312. The second kappa shape index (κ2) is 12.4. The van der Waals surface area contributed by atoms with Gasteiger partial charge in [-0.1, -0.05) is 43.6 Å². The van der Waals surface area contributed by atoms with Crippen LogP contribution in [0.15, 0.2) is 41.4 Å². The Morgan fingerprint density at radius 3 is 2.41 bits per heavy atom. The van der Waals surface area contributed by atoms with Crippen LogP contribution in [0.2, 0.25) is 10.0 Å². The van der Waals surface area contributed by atoms with E-state index in [-0.39, 0.29) is 71.4 Å². The molecule has 1 unspecified atom stereocenters. The average Bonchev–Trinajstić information content (AvgIpc) is 3.03. The lowest BCUT2D eigenvalue weighted by atomic mass is 9.93. The number of benzene rings is 1. The first-order valence-corrected chi connectivity index (χ1v) is 15.0. The van der Waals surface area contributed by atoms with E-state index in [1.54, 1.807) is 22.8 Å². The van der Waals surface area contributed by atoms with E-state index in [0.717, 1.165) is 0 Å². The largest absolute Gasteiger partial charge is 0.503 e. The second-order valence-corrected chi connectivity index (χ2v) is 12.2. The molecule has 5 rings (SSSR count). The smallest absolute Gasteiger partial charge is 0.276 e. The van der Waals surface area contributed by atoms with E-state index in [9.17, 15) is 28.7 Å². The van der Waals surface area contributed by atoms with Crippen molar-refractivity contribution in [1.82, 2.24) is 19.4 Å². The molecule has 2 aliphatic rings. The summed E-state index contributed by atoms with van der Waals surface area (Å²) in [6.07, 6.45) is 4.85. The van der Waals surface area contributed by atoms with E-state index in [4.69, 9.17) is 23.2 Å². The number of anilines is 1. The van der Waals surface area contributed by atoms with Crippen molar-refractivity contribution >= 4 is 51.5 Å². The van der Waals surface area contributed by atoms with Crippen molar-refractivity contribution in [1.29, 1.82) is 5.26 Å². The number of hydrogen-bond donors (Lipinski definition) is 1. The van der Waals surface area contributed by atoms with E-state index in [2.05, 4.69) is 17.6 Å². The molecule has 0 bridgehead atoms. The number of piperazine rings is 1. The van der Waals surface area contributed by atoms with Crippen LogP contribution in [-0.2, 0) is 4.79 Å². The molecule has 0 spiro atoms. The molecule has 46 heavy (non-hydrogen) atoms. The number of likely N-dealkylation sites (N-methyl/N-ethyl adjacent to an activating group) is 1. The van der Waals surface area contributed by atoms with E-state index < -0.39 is 45.0 Å². The van der Waals surface area contributed by atoms with Crippen molar-refractivity contribution in [2.24, 2.45) is 5.92 Å². The lowest BCUT2D eigenvalue weighted by Crippen LogP contribution is -2.49. The zero-order valence-electron chi connectivity index (χ0n) is 25.3. The number of phenolic OH excluding ortho intramolecular Hbond substituents is 1. The highest BCUT2D eigenvalue weighted by Gasteiger charge is 2.34. The molecule has 2 aliphatic heterocycles. The van der Waals surface area contributed by atoms with Crippen LogP contribution >= 0.6 is 23.2 Å². The van der Waals surface area contributed by atoms with Gasteiger partial charge in [-0.05, 0) is 42.8 Å². The quantitative estimate of drug-likeness (QED) is 0.204. The topological polar surface area (TPSA) is 106 Å². The van der Waals surface area contributed by atoms with Crippen LogP contribution in [-0.4, -0.2) is 69.6 Å². The standard InChI is InChI=1S/C32H29Cl2F3N6O3/c1-6-20(44)41-9-11-42(12-10-41)29-17-13-19(33)26(21-22(34)24(36)25(37)30(45)23(21)35)39-31(17)43(32(46)18(29)14-38)28-16(4)7-8-40(5)27(28)15(2)3/h6-8,13,15,27,45H,1,9-12H2,2-5H3. The minimum Gasteiger partial charge on any atom is -0.503 e. The Morgan fingerprint density at radius 1 is 1.17 bits per heavy atom. The number of fused-ring (bicyclic) bond motifs is 1. The summed E-state index contributed by atoms with van der Waals surface area (Å²) in [4.78, 5) is 36.5. The molecule has 3 aromatic rings. The maximum Gasteiger partial charge on any atom is 0.276 e. The zero-order chi connectivity index (χ0) is 33.8. The number of nitriles is 1. The predicted octanol–water partition coefficient (Wildman–Crippen LogP) is 5.91. The Bertz CT molecular complexity index is 1950. The molecule has 14 heteroatoms. The number of nitrogens with zero attached hydrogens (tertiary/aromatic N) is 6. The lowest BCUT2D eigenvalue weighted by Gasteiger charge is -2.38. The van der Waals surface area contributed by atoms with Gasteiger partial charge in [-0.2, -0.15) is 9.65 Å². The molecular formula is C32H29Cl2F3N6O3. The summed E-state index contributed by atoms with van der Waals surface area (Å²) in [6.45, 7) is 10.3. The molecule has 4 heterocycles. The predicted molar refractivity (Wildman–Crippen MR) is 171 cm³/mol. The number of halogens is 5. The van der Waals surface area contributed by atoms with E-state index in [1.165, 1.54) is 16.7 Å². The first kappa shape index (κ1) is 32.9. The van der Waals surface area contributed by atoms with Crippen LogP contribution in [0.1, 0.15) is 26.3 Å². The molecular weight excluding hydrogens is 644 g/mol. The molecule has 1 saturated heterocycles. The molecule has 1 amide bonds. The van der Waals surface area contributed by atoms with E-state index in [0.29, 0.717) is 11.3 Å². The summed E-state index contributed by atoms with van der Waals surface area (Å²) in [6, 6.07) is 3.02. The summed E-state index contributed by atoms with van der Waals surface area (Å²) < 4.78 is 45.5.